The molecule has 0 spiro atoms. The Morgan fingerprint density at radius 2 is 1.56 bits per heavy atom. The van der Waals surface area contributed by atoms with Crippen LogP contribution in [0.15, 0.2) is 18.8 Å². The quantitative estimate of drug-likeness (QED) is 0.141. The predicted octanol–water partition coefficient (Wildman–Crippen LogP) is 8.62. The second-order valence-electron chi connectivity index (χ2n) is 6.77. The summed E-state index contributed by atoms with van der Waals surface area (Å²) < 4.78 is 13.6. The van der Waals surface area contributed by atoms with Gasteiger partial charge in [-0.05, 0) is 29.8 Å². The number of hydrogen-bond donors (Lipinski definition) is 0. The summed E-state index contributed by atoms with van der Waals surface area (Å²) in [5.74, 6) is 2.11. The first kappa shape index (κ1) is 27.6. The van der Waals surface area contributed by atoms with Gasteiger partial charge in [0.2, 0.25) is 0 Å². The average molecular weight is 599 g/mol. The molecular formula is C21H26O2S9. The van der Waals surface area contributed by atoms with Crippen molar-refractivity contribution in [1.29, 1.82) is 0 Å². The lowest BCUT2D eigenvalue weighted by Crippen LogP contribution is -2.00. The summed E-state index contributed by atoms with van der Waals surface area (Å²) >= 11 is 20.2. The third kappa shape index (κ3) is 7.78. The molecule has 0 fully saturated rings. The van der Waals surface area contributed by atoms with Gasteiger partial charge in [0.1, 0.15) is 12.6 Å². The second-order valence-corrected chi connectivity index (χ2v) is 17.0. The van der Waals surface area contributed by atoms with E-state index in [1.54, 1.807) is 34.4 Å². The van der Waals surface area contributed by atoms with Crippen molar-refractivity contribution < 1.29 is 9.53 Å². The maximum atomic E-state index is 11.8. The van der Waals surface area contributed by atoms with E-state index in [1.165, 1.54) is 85.5 Å². The molecule has 11 heteroatoms. The number of rotatable bonds is 11. The third-order valence-electron chi connectivity index (χ3n) is 4.28. The van der Waals surface area contributed by atoms with Crippen LogP contribution in [0.4, 0.5) is 0 Å². The van der Waals surface area contributed by atoms with Gasteiger partial charge in [0.05, 0.1) is 28.6 Å². The van der Waals surface area contributed by atoms with Crippen LogP contribution < -0.4 is 8.38 Å². The molecule has 32 heavy (non-hydrogen) atoms. The highest BCUT2D eigenvalue weighted by Gasteiger charge is 2.24. The number of esters is 1. The molecule has 0 saturated carbocycles. The van der Waals surface area contributed by atoms with E-state index in [2.05, 4.69) is 13.8 Å². The van der Waals surface area contributed by atoms with Gasteiger partial charge < -0.3 is 4.74 Å². The van der Waals surface area contributed by atoms with Crippen LogP contribution in [0.25, 0.3) is 8.47 Å². The number of carbonyl (C=O) groups excluding carboxylic acids is 1. The standard InChI is InChI=1S/C21H26O2S9/c1-4-6-8-10-25-18-19(26-11-9-7-5-2)32-21(31-18)20-29-14(16(24)30-20)17-27-12-13(28-17)15(22)23-3/h12H,4-11H2,1-3H3/b17-14-. The minimum atomic E-state index is -0.279. The zero-order chi connectivity index (χ0) is 22.9. The summed E-state index contributed by atoms with van der Waals surface area (Å²) in [5.41, 5.74) is 0. The van der Waals surface area contributed by atoms with Gasteiger partial charge in [-0.25, -0.2) is 4.79 Å². The van der Waals surface area contributed by atoms with Crippen molar-refractivity contribution in [2.24, 2.45) is 0 Å². The van der Waals surface area contributed by atoms with Crippen LogP contribution in [-0.4, -0.2) is 24.6 Å². The Kier molecular flexibility index (Phi) is 12.6. The second kappa shape index (κ2) is 14.6. The van der Waals surface area contributed by atoms with E-state index in [4.69, 9.17) is 17.0 Å². The van der Waals surface area contributed by atoms with Crippen LogP contribution in [0.3, 0.4) is 0 Å². The van der Waals surface area contributed by atoms with Crippen LogP contribution in [0.1, 0.15) is 52.4 Å². The first-order valence-electron chi connectivity index (χ1n) is 10.4. The van der Waals surface area contributed by atoms with Gasteiger partial charge in [0.25, 0.3) is 0 Å². The summed E-state index contributed by atoms with van der Waals surface area (Å²) in [4.78, 5) is 12.5. The lowest BCUT2D eigenvalue weighted by atomic mass is 10.3. The van der Waals surface area contributed by atoms with Crippen LogP contribution in [0, 0.1) is 3.82 Å². The number of ether oxygens (including phenoxy) is 1. The predicted molar refractivity (Wildman–Crippen MR) is 161 cm³/mol. The topological polar surface area (TPSA) is 26.3 Å². The molecule has 0 amide bonds. The van der Waals surface area contributed by atoms with Crippen LogP contribution in [-0.2, 0) is 9.53 Å². The van der Waals surface area contributed by atoms with Gasteiger partial charge in [-0.1, -0.05) is 98.8 Å². The number of unbranched alkanes of at least 4 members (excludes halogenated alkanes) is 4. The monoisotopic (exact) mass is 598 g/mol. The Labute approximate surface area is 229 Å². The van der Waals surface area contributed by atoms with E-state index < -0.39 is 0 Å². The highest BCUT2D eigenvalue weighted by molar-refractivity contribution is 8.45. The van der Waals surface area contributed by atoms with Crippen LogP contribution in [0.2, 0.25) is 0 Å². The van der Waals surface area contributed by atoms with Crippen molar-refractivity contribution in [2.75, 3.05) is 18.6 Å². The molecule has 3 rings (SSSR count). The zero-order valence-corrected chi connectivity index (χ0v) is 25.6. The first-order valence-corrected chi connectivity index (χ1v) is 17.8. The molecule has 2 aliphatic rings. The Bertz CT molecular complexity index is 1020. The van der Waals surface area contributed by atoms with E-state index in [9.17, 15) is 4.79 Å². The molecule has 2 aliphatic heterocycles. The van der Waals surface area contributed by atoms with Crippen molar-refractivity contribution in [3.05, 3.63) is 31.0 Å². The summed E-state index contributed by atoms with van der Waals surface area (Å²) in [5, 5.41) is 1.87. The number of thioether (sulfide) groups is 6. The van der Waals surface area contributed by atoms with Gasteiger partial charge in [-0.2, -0.15) is 0 Å². The fourth-order valence-corrected chi connectivity index (χ4v) is 14.5. The summed E-state index contributed by atoms with van der Waals surface area (Å²) in [7, 11) is 1.42. The molecule has 0 radical (unpaired) electrons. The van der Waals surface area contributed by atoms with Gasteiger partial charge in [-0.3, -0.25) is 0 Å². The molecule has 2 nitrogen and oxygen atoms in total. The first-order chi connectivity index (χ1) is 15.6. The molecule has 1 aromatic heterocycles. The maximum Gasteiger partial charge on any atom is 0.345 e. The summed E-state index contributed by atoms with van der Waals surface area (Å²) in [6.07, 6.45) is 7.70. The number of methoxy groups -OCH3 is 1. The number of hydrogen-bond acceptors (Lipinski definition) is 11. The lowest BCUT2D eigenvalue weighted by molar-refractivity contribution is -0.135. The molecule has 176 valence electrons. The lowest BCUT2D eigenvalue weighted by Gasteiger charge is -2.04. The smallest absolute Gasteiger partial charge is 0.345 e. The molecule has 0 bridgehead atoms. The fourth-order valence-electron chi connectivity index (χ4n) is 2.61. The molecule has 0 unspecified atom stereocenters. The van der Waals surface area contributed by atoms with Crippen molar-refractivity contribution in [3.8, 4) is 0 Å². The Morgan fingerprint density at radius 3 is 2.12 bits per heavy atom. The molecule has 0 aliphatic carbocycles. The van der Waals surface area contributed by atoms with Gasteiger partial charge in [-0.15, -0.1) is 46.2 Å². The molecule has 0 saturated heterocycles. The Hall–Kier alpha value is 1.06. The summed E-state index contributed by atoms with van der Waals surface area (Å²) in [6, 6.07) is 0. The van der Waals surface area contributed by atoms with Gasteiger partial charge in [0.15, 0.2) is 0 Å². The maximum absolute atomic E-state index is 11.8. The zero-order valence-electron chi connectivity index (χ0n) is 18.2. The molecule has 0 aromatic carbocycles. The Balaban J connectivity index is 1.79. The third-order valence-corrected chi connectivity index (χ3v) is 16.1. The van der Waals surface area contributed by atoms with Crippen molar-refractivity contribution >= 4 is 120 Å². The average Bonchev–Trinajstić information content (AvgIpc) is 3.52. The minimum absolute atomic E-state index is 0.279. The van der Waals surface area contributed by atoms with Crippen molar-refractivity contribution in [3.63, 3.8) is 0 Å². The van der Waals surface area contributed by atoms with Crippen molar-refractivity contribution in [1.82, 2.24) is 0 Å². The molecular weight excluding hydrogens is 573 g/mol. The molecule has 0 N–H and O–H groups in total. The largest absolute Gasteiger partial charge is 0.465 e. The number of carbonyl (C=O) groups is 1. The normalized spacial score (nSPS) is 18.0. The van der Waals surface area contributed by atoms with E-state index >= 15 is 0 Å². The highest BCUT2D eigenvalue weighted by atomic mass is 32.3. The SMILES string of the molecule is CCCCCSC1=C(SCCCCC)SC(=c2sc(=S)/c(=C3\SC=C(C(=O)OC)S3)s2)S1. The minimum Gasteiger partial charge on any atom is -0.465 e. The van der Waals surface area contributed by atoms with E-state index in [0.717, 1.165) is 12.6 Å². The Morgan fingerprint density at radius 1 is 0.938 bits per heavy atom. The van der Waals surface area contributed by atoms with E-state index in [1.807, 2.05) is 52.5 Å². The fraction of sp³-hybridized carbons (Fsp3) is 0.524. The van der Waals surface area contributed by atoms with E-state index in [0.29, 0.717) is 4.91 Å². The van der Waals surface area contributed by atoms with Gasteiger partial charge >= 0.3 is 5.97 Å². The summed E-state index contributed by atoms with van der Waals surface area (Å²) in [6.45, 7) is 4.52. The molecule has 3 heterocycles. The van der Waals surface area contributed by atoms with Gasteiger partial charge in [0, 0.05) is 0 Å². The highest BCUT2D eigenvalue weighted by Crippen LogP contribution is 2.58. The molecule has 0 atom stereocenters. The van der Waals surface area contributed by atoms with E-state index in [-0.39, 0.29) is 5.97 Å². The van der Waals surface area contributed by atoms with Crippen molar-refractivity contribution in [2.45, 2.75) is 52.4 Å². The molecule has 1 aromatic rings. The van der Waals surface area contributed by atoms with Crippen LogP contribution in [0.5, 0.6) is 0 Å². The van der Waals surface area contributed by atoms with Crippen LogP contribution >= 0.6 is 105 Å².